The molecule has 222 valence electrons. The van der Waals surface area contributed by atoms with E-state index in [2.05, 4.69) is 12.7 Å². The standard InChI is InChI=1S/C35H56F2O2/c1-3-5-7-26-9-13-28(14-10-26)30-17-19-33-23-31(18-20-32(33)22-30)29-15-11-27(12-16-29)25-38-21-6-8-35(39-4-2)34(37)24-36/h3,6,8,26-33H,1,4-5,7,9-25H2,2H3/b8-6-,35-34-. The van der Waals surface area contributed by atoms with Crippen molar-refractivity contribution in [3.8, 4) is 0 Å². The van der Waals surface area contributed by atoms with Crippen LogP contribution in [0.15, 0.2) is 36.4 Å². The topological polar surface area (TPSA) is 18.5 Å². The molecule has 4 fully saturated rings. The van der Waals surface area contributed by atoms with Crippen molar-refractivity contribution < 1.29 is 18.3 Å². The number of hydrogen-bond donors (Lipinski definition) is 0. The van der Waals surface area contributed by atoms with Crippen molar-refractivity contribution in [2.24, 2.45) is 47.3 Å². The highest BCUT2D eigenvalue weighted by Crippen LogP contribution is 2.51. The predicted molar refractivity (Wildman–Crippen MR) is 158 cm³/mol. The fourth-order valence-electron chi connectivity index (χ4n) is 8.84. The van der Waals surface area contributed by atoms with Gasteiger partial charge in [-0.2, -0.15) is 0 Å². The lowest BCUT2D eigenvalue weighted by atomic mass is 9.58. The van der Waals surface area contributed by atoms with E-state index in [1.54, 1.807) is 19.4 Å². The normalized spacial score (nSPS) is 36.3. The number of ether oxygens (including phenoxy) is 2. The molecule has 0 radical (unpaired) electrons. The van der Waals surface area contributed by atoms with Crippen LogP contribution in [0.4, 0.5) is 8.78 Å². The first-order chi connectivity index (χ1) is 19.1. The molecule has 0 aromatic rings. The molecule has 0 aliphatic heterocycles. The van der Waals surface area contributed by atoms with Gasteiger partial charge < -0.3 is 9.47 Å². The summed E-state index contributed by atoms with van der Waals surface area (Å²) in [6, 6.07) is 0. The van der Waals surface area contributed by atoms with Gasteiger partial charge >= 0.3 is 0 Å². The smallest absolute Gasteiger partial charge is 0.173 e. The molecule has 4 aliphatic carbocycles. The maximum Gasteiger partial charge on any atom is 0.173 e. The second-order valence-electron chi connectivity index (χ2n) is 13.4. The van der Waals surface area contributed by atoms with Gasteiger partial charge in [0.2, 0.25) is 0 Å². The Balaban J connectivity index is 1.11. The lowest BCUT2D eigenvalue weighted by Gasteiger charge is -2.47. The fraction of sp³-hybridized carbons (Fsp3) is 0.829. The minimum atomic E-state index is -1.13. The molecule has 0 aromatic carbocycles. The zero-order valence-corrected chi connectivity index (χ0v) is 24.8. The van der Waals surface area contributed by atoms with Crippen LogP contribution < -0.4 is 0 Å². The summed E-state index contributed by atoms with van der Waals surface area (Å²) in [6.07, 6.45) is 28.2. The highest BCUT2D eigenvalue weighted by atomic mass is 19.2. The minimum absolute atomic E-state index is 0.0191. The Bertz CT molecular complexity index is 776. The minimum Gasteiger partial charge on any atom is -0.491 e. The molecular formula is C35H56F2O2. The van der Waals surface area contributed by atoms with E-state index < -0.39 is 12.5 Å². The maximum atomic E-state index is 13.5. The molecule has 4 unspecified atom stereocenters. The quantitative estimate of drug-likeness (QED) is 0.0990. The van der Waals surface area contributed by atoms with Crippen LogP contribution in [0.3, 0.4) is 0 Å². The second kappa shape index (κ2) is 16.3. The molecule has 0 heterocycles. The first-order valence-electron chi connectivity index (χ1n) is 16.5. The zero-order chi connectivity index (χ0) is 27.5. The van der Waals surface area contributed by atoms with Crippen molar-refractivity contribution in [2.45, 2.75) is 110 Å². The van der Waals surface area contributed by atoms with Crippen molar-refractivity contribution >= 4 is 0 Å². The first kappa shape index (κ1) is 30.8. The van der Waals surface area contributed by atoms with E-state index in [-0.39, 0.29) is 5.76 Å². The lowest BCUT2D eigenvalue weighted by molar-refractivity contribution is 0.0307. The van der Waals surface area contributed by atoms with E-state index in [0.717, 1.165) is 48.0 Å². The van der Waals surface area contributed by atoms with E-state index in [0.29, 0.717) is 19.1 Å². The molecule has 2 nitrogen and oxygen atoms in total. The van der Waals surface area contributed by atoms with E-state index in [4.69, 9.17) is 9.47 Å². The molecule has 0 aromatic heterocycles. The molecule has 4 aliphatic rings. The summed E-state index contributed by atoms with van der Waals surface area (Å²) < 4.78 is 37.1. The van der Waals surface area contributed by atoms with Gasteiger partial charge in [0.15, 0.2) is 11.6 Å². The summed E-state index contributed by atoms with van der Waals surface area (Å²) in [7, 11) is 0. The Morgan fingerprint density at radius 3 is 1.79 bits per heavy atom. The van der Waals surface area contributed by atoms with Gasteiger partial charge in [-0.1, -0.05) is 25.0 Å². The number of fused-ring (bicyclic) bond motifs is 1. The zero-order valence-electron chi connectivity index (χ0n) is 24.8. The summed E-state index contributed by atoms with van der Waals surface area (Å²) in [4.78, 5) is 0. The van der Waals surface area contributed by atoms with E-state index in [9.17, 15) is 8.78 Å². The van der Waals surface area contributed by atoms with Gasteiger partial charge in [-0.15, -0.1) is 6.58 Å². The molecule has 0 N–H and O–H groups in total. The number of hydrogen-bond acceptors (Lipinski definition) is 2. The van der Waals surface area contributed by atoms with Crippen LogP contribution in [-0.4, -0.2) is 26.5 Å². The SMILES string of the molecule is C=CCCC1CCC(C2CCC3CC(C4CCC(COC/C=C\C(OCC)=C(\F)CF)CC4)CCC3C2)CC1. The molecule has 4 rings (SSSR count). The van der Waals surface area contributed by atoms with E-state index in [1.165, 1.54) is 102 Å². The van der Waals surface area contributed by atoms with Crippen LogP contribution in [0, 0.1) is 47.3 Å². The lowest BCUT2D eigenvalue weighted by Crippen LogP contribution is -2.37. The van der Waals surface area contributed by atoms with E-state index >= 15 is 0 Å². The molecule has 39 heavy (non-hydrogen) atoms. The largest absolute Gasteiger partial charge is 0.491 e. The Morgan fingerprint density at radius 1 is 0.769 bits per heavy atom. The molecule has 0 bridgehead atoms. The molecular weight excluding hydrogens is 490 g/mol. The molecule has 0 amide bonds. The maximum absolute atomic E-state index is 13.5. The van der Waals surface area contributed by atoms with Crippen molar-refractivity contribution in [3.05, 3.63) is 36.4 Å². The molecule has 4 heteroatoms. The molecule has 0 spiro atoms. The Hall–Kier alpha value is -1.16. The highest BCUT2D eigenvalue weighted by molar-refractivity contribution is 5.16. The van der Waals surface area contributed by atoms with Gasteiger partial charge in [0.25, 0.3) is 0 Å². The number of rotatable bonds is 13. The Labute approximate surface area is 238 Å². The van der Waals surface area contributed by atoms with Crippen LogP contribution in [0.5, 0.6) is 0 Å². The van der Waals surface area contributed by atoms with Crippen LogP contribution in [-0.2, 0) is 9.47 Å². The Kier molecular flexibility index (Phi) is 12.9. The number of allylic oxidation sites excluding steroid dienone is 3. The van der Waals surface area contributed by atoms with Crippen LogP contribution in [0.25, 0.3) is 0 Å². The Morgan fingerprint density at radius 2 is 1.28 bits per heavy atom. The summed E-state index contributed by atoms with van der Waals surface area (Å²) in [6.45, 7) is 6.04. The molecule has 4 atom stereocenters. The third kappa shape index (κ3) is 9.17. The highest BCUT2D eigenvalue weighted by Gasteiger charge is 2.40. The predicted octanol–water partition coefficient (Wildman–Crippen LogP) is 10.2. The number of alkyl halides is 1. The van der Waals surface area contributed by atoms with Gasteiger partial charge in [-0.05, 0) is 150 Å². The second-order valence-corrected chi connectivity index (χ2v) is 13.4. The third-order valence-corrected chi connectivity index (χ3v) is 11.1. The molecule has 0 saturated heterocycles. The summed E-state index contributed by atoms with van der Waals surface area (Å²) >= 11 is 0. The fourth-order valence-corrected chi connectivity index (χ4v) is 8.84. The monoisotopic (exact) mass is 546 g/mol. The van der Waals surface area contributed by atoms with Gasteiger partial charge in [0.1, 0.15) is 6.67 Å². The van der Waals surface area contributed by atoms with Crippen molar-refractivity contribution in [3.63, 3.8) is 0 Å². The van der Waals surface area contributed by atoms with Crippen molar-refractivity contribution in [2.75, 3.05) is 26.5 Å². The third-order valence-electron chi connectivity index (χ3n) is 11.1. The van der Waals surface area contributed by atoms with Crippen LogP contribution in [0.1, 0.15) is 110 Å². The average molecular weight is 547 g/mol. The first-order valence-corrected chi connectivity index (χ1v) is 16.5. The summed E-state index contributed by atoms with van der Waals surface area (Å²) in [5, 5.41) is 0. The van der Waals surface area contributed by atoms with Crippen molar-refractivity contribution in [1.29, 1.82) is 0 Å². The summed E-state index contributed by atoms with van der Waals surface area (Å²) in [5.74, 6) is 6.70. The molecule has 4 saturated carbocycles. The van der Waals surface area contributed by atoms with Gasteiger partial charge in [-0.3, -0.25) is 0 Å². The van der Waals surface area contributed by atoms with Crippen LogP contribution in [0.2, 0.25) is 0 Å². The summed E-state index contributed by atoms with van der Waals surface area (Å²) in [5.41, 5.74) is 0. The van der Waals surface area contributed by atoms with Gasteiger partial charge in [0, 0.05) is 6.61 Å². The van der Waals surface area contributed by atoms with Gasteiger partial charge in [0.05, 0.1) is 13.2 Å². The number of halogens is 2. The van der Waals surface area contributed by atoms with Gasteiger partial charge in [-0.25, -0.2) is 8.78 Å². The van der Waals surface area contributed by atoms with E-state index in [1.807, 2.05) is 0 Å². The average Bonchev–Trinajstić information content (AvgIpc) is 2.99. The van der Waals surface area contributed by atoms with Crippen molar-refractivity contribution in [1.82, 2.24) is 0 Å². The van der Waals surface area contributed by atoms with Crippen LogP contribution >= 0.6 is 0 Å².